The van der Waals surface area contributed by atoms with Gasteiger partial charge in [0.1, 0.15) is 11.5 Å². The summed E-state index contributed by atoms with van der Waals surface area (Å²) in [4.78, 5) is 16.4. The standard InChI is InChI=1S/C14H12BrNO3/c1-18-11-5-9(7-16-8-11)14(17)12-4-3-10(15)6-13(12)19-2/h3-8H,1-2H3. The number of aromatic nitrogens is 1. The number of rotatable bonds is 4. The van der Waals surface area contributed by atoms with E-state index in [1.54, 1.807) is 30.5 Å². The maximum absolute atomic E-state index is 12.4. The molecule has 2 aromatic rings. The molecule has 1 aromatic carbocycles. The molecule has 0 saturated heterocycles. The number of nitrogens with zero attached hydrogens (tertiary/aromatic N) is 1. The van der Waals surface area contributed by atoms with Gasteiger partial charge >= 0.3 is 0 Å². The quantitative estimate of drug-likeness (QED) is 0.812. The number of carbonyl (C=O) groups is 1. The van der Waals surface area contributed by atoms with Crippen LogP contribution < -0.4 is 9.47 Å². The van der Waals surface area contributed by atoms with Gasteiger partial charge in [0.05, 0.1) is 26.0 Å². The van der Waals surface area contributed by atoms with Gasteiger partial charge in [-0.3, -0.25) is 9.78 Å². The molecule has 0 radical (unpaired) electrons. The Bertz CT molecular complexity index is 613. The SMILES string of the molecule is COc1cncc(C(=O)c2ccc(Br)cc2OC)c1. The molecule has 98 valence electrons. The summed E-state index contributed by atoms with van der Waals surface area (Å²) in [5.74, 6) is 0.903. The van der Waals surface area contributed by atoms with Crippen molar-refractivity contribution < 1.29 is 14.3 Å². The Labute approximate surface area is 119 Å². The molecule has 0 amide bonds. The molecule has 0 aliphatic carbocycles. The van der Waals surface area contributed by atoms with E-state index >= 15 is 0 Å². The van der Waals surface area contributed by atoms with Crippen molar-refractivity contribution in [2.45, 2.75) is 0 Å². The minimum absolute atomic E-state index is 0.157. The molecule has 1 heterocycles. The van der Waals surface area contributed by atoms with E-state index < -0.39 is 0 Å². The summed E-state index contributed by atoms with van der Waals surface area (Å²) in [6.07, 6.45) is 3.06. The minimum atomic E-state index is -0.157. The lowest BCUT2D eigenvalue weighted by Crippen LogP contribution is -2.04. The minimum Gasteiger partial charge on any atom is -0.496 e. The number of halogens is 1. The van der Waals surface area contributed by atoms with Crippen molar-refractivity contribution in [3.63, 3.8) is 0 Å². The van der Waals surface area contributed by atoms with Gasteiger partial charge in [0.25, 0.3) is 0 Å². The van der Waals surface area contributed by atoms with E-state index in [-0.39, 0.29) is 5.78 Å². The van der Waals surface area contributed by atoms with Crippen LogP contribution in [-0.4, -0.2) is 25.0 Å². The largest absolute Gasteiger partial charge is 0.496 e. The zero-order valence-corrected chi connectivity index (χ0v) is 12.1. The van der Waals surface area contributed by atoms with Crippen LogP contribution in [0, 0.1) is 0 Å². The van der Waals surface area contributed by atoms with Crippen molar-refractivity contribution in [2.75, 3.05) is 14.2 Å². The number of ether oxygens (including phenoxy) is 2. The van der Waals surface area contributed by atoms with Crippen LogP contribution in [0.4, 0.5) is 0 Å². The van der Waals surface area contributed by atoms with Crippen molar-refractivity contribution in [3.05, 3.63) is 52.3 Å². The summed E-state index contributed by atoms with van der Waals surface area (Å²) in [7, 11) is 3.06. The molecule has 4 nitrogen and oxygen atoms in total. The van der Waals surface area contributed by atoms with E-state index in [1.807, 2.05) is 0 Å². The van der Waals surface area contributed by atoms with Gasteiger partial charge in [0.15, 0.2) is 5.78 Å². The number of hydrogen-bond donors (Lipinski definition) is 0. The molecule has 5 heteroatoms. The first-order valence-corrected chi connectivity index (χ1v) is 6.32. The molecular formula is C14H12BrNO3. The summed E-state index contributed by atoms with van der Waals surface area (Å²) in [5, 5.41) is 0. The lowest BCUT2D eigenvalue weighted by atomic mass is 10.0. The van der Waals surface area contributed by atoms with E-state index in [9.17, 15) is 4.79 Å². The molecule has 0 bridgehead atoms. The van der Waals surface area contributed by atoms with E-state index in [1.165, 1.54) is 20.4 Å². The van der Waals surface area contributed by atoms with Crippen molar-refractivity contribution >= 4 is 21.7 Å². The van der Waals surface area contributed by atoms with Crippen LogP contribution >= 0.6 is 15.9 Å². The normalized spacial score (nSPS) is 10.1. The Morgan fingerprint density at radius 2 is 1.95 bits per heavy atom. The first kappa shape index (κ1) is 13.5. The Hall–Kier alpha value is -1.88. The van der Waals surface area contributed by atoms with Gasteiger partial charge in [-0.15, -0.1) is 0 Å². The summed E-state index contributed by atoms with van der Waals surface area (Å²) in [6.45, 7) is 0. The van der Waals surface area contributed by atoms with Crippen LogP contribution in [0.5, 0.6) is 11.5 Å². The number of benzene rings is 1. The first-order chi connectivity index (χ1) is 9.15. The van der Waals surface area contributed by atoms with E-state index in [2.05, 4.69) is 20.9 Å². The third-order valence-corrected chi connectivity index (χ3v) is 3.11. The third kappa shape index (κ3) is 2.93. The zero-order valence-electron chi connectivity index (χ0n) is 10.5. The van der Waals surface area contributed by atoms with Gasteiger partial charge in [0, 0.05) is 16.2 Å². The molecule has 0 aliphatic heterocycles. The van der Waals surface area contributed by atoms with Gasteiger partial charge in [-0.25, -0.2) is 0 Å². The van der Waals surface area contributed by atoms with Gasteiger partial charge in [-0.2, -0.15) is 0 Å². The van der Waals surface area contributed by atoms with Crippen LogP contribution in [-0.2, 0) is 0 Å². The van der Waals surface area contributed by atoms with Crippen molar-refractivity contribution in [1.82, 2.24) is 4.98 Å². The van der Waals surface area contributed by atoms with Gasteiger partial charge < -0.3 is 9.47 Å². The maximum atomic E-state index is 12.4. The van der Waals surface area contributed by atoms with Crippen LogP contribution in [0.25, 0.3) is 0 Å². The predicted molar refractivity (Wildman–Crippen MR) is 74.9 cm³/mol. The Morgan fingerprint density at radius 3 is 2.63 bits per heavy atom. The highest BCUT2D eigenvalue weighted by atomic mass is 79.9. The summed E-state index contributed by atoms with van der Waals surface area (Å²) in [6, 6.07) is 6.91. The highest BCUT2D eigenvalue weighted by Crippen LogP contribution is 2.26. The summed E-state index contributed by atoms with van der Waals surface area (Å²) < 4.78 is 11.1. The topological polar surface area (TPSA) is 48.4 Å². The number of pyridine rings is 1. The van der Waals surface area contributed by atoms with Crippen LogP contribution in [0.1, 0.15) is 15.9 Å². The second-order valence-electron chi connectivity index (χ2n) is 3.79. The summed E-state index contributed by atoms with van der Waals surface area (Å²) >= 11 is 3.34. The van der Waals surface area contributed by atoms with E-state index in [4.69, 9.17) is 9.47 Å². The fourth-order valence-corrected chi connectivity index (χ4v) is 2.00. The number of methoxy groups -OCH3 is 2. The van der Waals surface area contributed by atoms with Crippen LogP contribution in [0.2, 0.25) is 0 Å². The number of hydrogen-bond acceptors (Lipinski definition) is 4. The van der Waals surface area contributed by atoms with Crippen LogP contribution in [0.15, 0.2) is 41.1 Å². The van der Waals surface area contributed by atoms with Crippen molar-refractivity contribution in [3.8, 4) is 11.5 Å². The van der Waals surface area contributed by atoms with Crippen molar-refractivity contribution in [2.24, 2.45) is 0 Å². The molecular weight excluding hydrogens is 310 g/mol. The molecule has 1 aromatic heterocycles. The molecule has 0 saturated carbocycles. The summed E-state index contributed by atoms with van der Waals surface area (Å²) in [5.41, 5.74) is 0.945. The molecule has 0 unspecified atom stereocenters. The second kappa shape index (κ2) is 5.84. The second-order valence-corrected chi connectivity index (χ2v) is 4.70. The monoisotopic (exact) mass is 321 g/mol. The highest BCUT2D eigenvalue weighted by molar-refractivity contribution is 9.10. The molecule has 0 N–H and O–H groups in total. The Morgan fingerprint density at radius 1 is 1.16 bits per heavy atom. The molecule has 2 rings (SSSR count). The van der Waals surface area contributed by atoms with E-state index in [0.717, 1.165) is 4.47 Å². The molecule has 0 fully saturated rings. The van der Waals surface area contributed by atoms with Crippen LogP contribution in [0.3, 0.4) is 0 Å². The number of ketones is 1. The fourth-order valence-electron chi connectivity index (χ4n) is 1.66. The number of carbonyl (C=O) groups excluding carboxylic acids is 1. The maximum Gasteiger partial charge on any atom is 0.198 e. The smallest absolute Gasteiger partial charge is 0.198 e. The highest BCUT2D eigenvalue weighted by Gasteiger charge is 2.15. The average Bonchev–Trinajstić information content (AvgIpc) is 2.46. The van der Waals surface area contributed by atoms with Gasteiger partial charge in [-0.1, -0.05) is 15.9 Å². The lowest BCUT2D eigenvalue weighted by molar-refractivity contribution is 0.103. The molecule has 0 aliphatic rings. The molecule has 0 spiro atoms. The lowest BCUT2D eigenvalue weighted by Gasteiger charge is -2.08. The third-order valence-electron chi connectivity index (χ3n) is 2.62. The first-order valence-electron chi connectivity index (χ1n) is 5.53. The Balaban J connectivity index is 2.43. The zero-order chi connectivity index (χ0) is 13.8. The molecule has 19 heavy (non-hydrogen) atoms. The van der Waals surface area contributed by atoms with Gasteiger partial charge in [0.2, 0.25) is 0 Å². The van der Waals surface area contributed by atoms with Gasteiger partial charge in [-0.05, 0) is 24.3 Å². The fraction of sp³-hybridized carbons (Fsp3) is 0.143. The Kier molecular flexibility index (Phi) is 4.16. The molecule has 0 atom stereocenters. The van der Waals surface area contributed by atoms with Crippen molar-refractivity contribution in [1.29, 1.82) is 0 Å². The van der Waals surface area contributed by atoms with E-state index in [0.29, 0.717) is 22.6 Å². The average molecular weight is 322 g/mol. The predicted octanol–water partition coefficient (Wildman–Crippen LogP) is 3.09.